The summed E-state index contributed by atoms with van der Waals surface area (Å²) in [6.45, 7) is 3.81. The number of carbonyl (C=O) groups is 3. The summed E-state index contributed by atoms with van der Waals surface area (Å²) in [5.41, 5.74) is 1.28. The quantitative estimate of drug-likeness (QED) is 0.622. The number of carbonyl (C=O) groups excluding carboxylic acids is 1. The smallest absolute Gasteiger partial charge is 0.414 e. The van der Waals surface area contributed by atoms with Gasteiger partial charge in [0.05, 0.1) is 0 Å². The van der Waals surface area contributed by atoms with E-state index in [1.165, 1.54) is 10.4 Å². The van der Waals surface area contributed by atoms with Crippen LogP contribution in [0.2, 0.25) is 0 Å². The minimum absolute atomic E-state index is 0.186. The topological polar surface area (TPSA) is 107 Å². The van der Waals surface area contributed by atoms with Crippen LogP contribution in [0.15, 0.2) is 47.8 Å². The van der Waals surface area contributed by atoms with Gasteiger partial charge < -0.3 is 15.5 Å². The van der Waals surface area contributed by atoms with E-state index < -0.39 is 11.9 Å². The zero-order valence-electron chi connectivity index (χ0n) is 16.1. The van der Waals surface area contributed by atoms with Gasteiger partial charge in [-0.3, -0.25) is 9.69 Å². The predicted octanol–water partition coefficient (Wildman–Crippen LogP) is 2.47. The molecule has 3 N–H and O–H groups in total. The van der Waals surface area contributed by atoms with E-state index in [4.69, 9.17) is 19.8 Å². The molecule has 1 aromatic carbocycles. The lowest BCUT2D eigenvalue weighted by molar-refractivity contribution is -0.159. The van der Waals surface area contributed by atoms with E-state index in [-0.39, 0.29) is 11.8 Å². The second-order valence-electron chi connectivity index (χ2n) is 6.77. The molecule has 1 saturated heterocycles. The number of carboxylic acid groups (broad SMARTS) is 2. The van der Waals surface area contributed by atoms with Crippen molar-refractivity contribution in [2.75, 3.05) is 19.6 Å². The number of aliphatic carboxylic acids is 2. The molecule has 1 aliphatic rings. The minimum atomic E-state index is -1.82. The first-order chi connectivity index (χ1) is 14.0. The molecule has 0 bridgehead atoms. The second kappa shape index (κ2) is 12.0. The summed E-state index contributed by atoms with van der Waals surface area (Å²) in [5, 5.41) is 20.0. The van der Waals surface area contributed by atoms with Crippen LogP contribution in [0.25, 0.3) is 0 Å². The number of hydrogen-bond acceptors (Lipinski definition) is 5. The Morgan fingerprint density at radius 3 is 2.21 bits per heavy atom. The molecule has 0 aliphatic carbocycles. The van der Waals surface area contributed by atoms with Crippen LogP contribution in [-0.4, -0.2) is 52.6 Å². The highest BCUT2D eigenvalue weighted by Crippen LogP contribution is 2.20. The zero-order chi connectivity index (χ0) is 21.1. The van der Waals surface area contributed by atoms with Crippen molar-refractivity contribution in [2.24, 2.45) is 5.92 Å². The Morgan fingerprint density at radius 1 is 1.00 bits per heavy atom. The Labute approximate surface area is 174 Å². The van der Waals surface area contributed by atoms with Crippen molar-refractivity contribution >= 4 is 29.2 Å². The Balaban J connectivity index is 0.000000438. The molecule has 1 amide bonds. The lowest BCUT2D eigenvalue weighted by atomic mass is 9.96. The molecule has 2 aromatic rings. The third-order valence-electron chi connectivity index (χ3n) is 4.66. The second-order valence-corrected chi connectivity index (χ2v) is 7.80. The lowest BCUT2D eigenvalue weighted by Gasteiger charge is -2.30. The van der Waals surface area contributed by atoms with Gasteiger partial charge in [0.25, 0.3) is 0 Å². The van der Waals surface area contributed by atoms with E-state index in [9.17, 15) is 4.79 Å². The van der Waals surface area contributed by atoms with E-state index in [1.807, 2.05) is 29.5 Å². The standard InChI is InChI=1S/C19H24N2OS.C2H2O4/c22-19(20-11-8-16-5-2-1-3-6-16)17-9-12-21(13-10-17)15-18-7-4-14-23-18;3-1(4)2(5)6/h1-7,14,17H,8-13,15H2,(H,20,22);(H,3,4)(H,5,6). The van der Waals surface area contributed by atoms with E-state index >= 15 is 0 Å². The maximum absolute atomic E-state index is 12.3. The molecule has 8 heteroatoms. The number of carboxylic acids is 2. The van der Waals surface area contributed by atoms with Gasteiger partial charge in [0.1, 0.15) is 0 Å². The number of benzene rings is 1. The number of likely N-dealkylation sites (tertiary alicyclic amines) is 1. The maximum atomic E-state index is 12.3. The molecular weight excluding hydrogens is 392 g/mol. The van der Waals surface area contributed by atoms with Crippen LogP contribution in [0.5, 0.6) is 0 Å². The van der Waals surface area contributed by atoms with Gasteiger partial charge in [-0.1, -0.05) is 36.4 Å². The Hall–Kier alpha value is -2.71. The highest BCUT2D eigenvalue weighted by molar-refractivity contribution is 7.09. The van der Waals surface area contributed by atoms with Crippen molar-refractivity contribution in [3.05, 3.63) is 58.3 Å². The van der Waals surface area contributed by atoms with Crippen LogP contribution in [0, 0.1) is 5.92 Å². The normalized spacial score (nSPS) is 14.5. The van der Waals surface area contributed by atoms with Gasteiger partial charge in [-0.2, -0.15) is 0 Å². The van der Waals surface area contributed by atoms with Crippen molar-refractivity contribution in [1.82, 2.24) is 10.2 Å². The molecule has 1 aromatic heterocycles. The van der Waals surface area contributed by atoms with Crippen molar-refractivity contribution in [3.8, 4) is 0 Å². The highest BCUT2D eigenvalue weighted by atomic mass is 32.1. The van der Waals surface area contributed by atoms with E-state index in [0.29, 0.717) is 0 Å². The third-order valence-corrected chi connectivity index (χ3v) is 5.52. The van der Waals surface area contributed by atoms with Crippen molar-refractivity contribution < 1.29 is 24.6 Å². The fraction of sp³-hybridized carbons (Fsp3) is 0.381. The first-order valence-corrected chi connectivity index (χ1v) is 10.4. The summed E-state index contributed by atoms with van der Waals surface area (Å²) in [4.78, 5) is 34.4. The molecule has 0 unspecified atom stereocenters. The van der Waals surface area contributed by atoms with Gasteiger partial charge in [0, 0.05) is 23.9 Å². The van der Waals surface area contributed by atoms with E-state index in [1.54, 1.807) is 0 Å². The van der Waals surface area contributed by atoms with Crippen molar-refractivity contribution in [3.63, 3.8) is 0 Å². The van der Waals surface area contributed by atoms with Crippen LogP contribution in [0.1, 0.15) is 23.3 Å². The third kappa shape index (κ3) is 8.45. The van der Waals surface area contributed by atoms with Crippen LogP contribution < -0.4 is 5.32 Å². The van der Waals surface area contributed by atoms with Crippen molar-refractivity contribution in [2.45, 2.75) is 25.8 Å². The van der Waals surface area contributed by atoms with Gasteiger partial charge in [-0.15, -0.1) is 11.3 Å². The number of rotatable bonds is 6. The van der Waals surface area contributed by atoms with E-state index in [2.05, 4.69) is 39.9 Å². The number of thiophene rings is 1. The number of nitrogens with zero attached hydrogens (tertiary/aromatic N) is 1. The molecule has 0 saturated carbocycles. The van der Waals surface area contributed by atoms with Crippen LogP contribution >= 0.6 is 11.3 Å². The lowest BCUT2D eigenvalue weighted by Crippen LogP contribution is -2.40. The molecular formula is C21H26N2O5S. The summed E-state index contributed by atoms with van der Waals surface area (Å²) in [7, 11) is 0. The average Bonchev–Trinajstić information content (AvgIpc) is 3.23. The summed E-state index contributed by atoms with van der Waals surface area (Å²) in [5.74, 6) is -3.23. The maximum Gasteiger partial charge on any atom is 0.414 e. The fourth-order valence-corrected chi connectivity index (χ4v) is 3.84. The van der Waals surface area contributed by atoms with Crippen LogP contribution in [0.4, 0.5) is 0 Å². The minimum Gasteiger partial charge on any atom is -0.473 e. The SMILES string of the molecule is O=C(NCCc1ccccc1)C1CCN(Cc2cccs2)CC1.O=C(O)C(=O)O. The largest absolute Gasteiger partial charge is 0.473 e. The average molecular weight is 419 g/mol. The molecule has 0 spiro atoms. The van der Waals surface area contributed by atoms with Gasteiger partial charge in [-0.25, -0.2) is 9.59 Å². The van der Waals surface area contributed by atoms with Crippen LogP contribution in [0.3, 0.4) is 0 Å². The predicted molar refractivity (Wildman–Crippen MR) is 111 cm³/mol. The molecule has 0 radical (unpaired) electrons. The number of nitrogens with one attached hydrogen (secondary N) is 1. The number of hydrogen-bond donors (Lipinski definition) is 3. The Kier molecular flexibility index (Phi) is 9.33. The molecule has 29 heavy (non-hydrogen) atoms. The Morgan fingerprint density at radius 2 is 1.66 bits per heavy atom. The van der Waals surface area contributed by atoms with Gasteiger partial charge in [0.2, 0.25) is 5.91 Å². The summed E-state index contributed by atoms with van der Waals surface area (Å²) >= 11 is 1.81. The molecule has 2 heterocycles. The highest BCUT2D eigenvalue weighted by Gasteiger charge is 2.24. The summed E-state index contributed by atoms with van der Waals surface area (Å²) in [6.07, 6.45) is 2.86. The van der Waals surface area contributed by atoms with Crippen LogP contribution in [-0.2, 0) is 27.3 Å². The number of piperidine rings is 1. The summed E-state index contributed by atoms with van der Waals surface area (Å²) in [6, 6.07) is 14.6. The first-order valence-electron chi connectivity index (χ1n) is 9.48. The molecule has 0 atom stereocenters. The molecule has 1 fully saturated rings. The molecule has 3 rings (SSSR count). The Bertz CT molecular complexity index is 760. The monoisotopic (exact) mass is 418 g/mol. The van der Waals surface area contributed by atoms with Gasteiger partial charge >= 0.3 is 11.9 Å². The first kappa shape index (κ1) is 22.6. The molecule has 1 aliphatic heterocycles. The molecule has 7 nitrogen and oxygen atoms in total. The van der Waals surface area contributed by atoms with Gasteiger partial charge in [-0.05, 0) is 49.4 Å². The zero-order valence-corrected chi connectivity index (χ0v) is 16.9. The van der Waals surface area contributed by atoms with Crippen molar-refractivity contribution in [1.29, 1.82) is 0 Å². The molecule has 156 valence electrons. The fourth-order valence-electron chi connectivity index (χ4n) is 3.10. The van der Waals surface area contributed by atoms with E-state index in [0.717, 1.165) is 45.4 Å². The summed E-state index contributed by atoms with van der Waals surface area (Å²) < 4.78 is 0. The van der Waals surface area contributed by atoms with Gasteiger partial charge in [0.15, 0.2) is 0 Å². The number of amides is 1.